The van der Waals surface area contributed by atoms with E-state index in [0.717, 1.165) is 65.2 Å². The molecule has 12 heteroatoms. The molecule has 2 spiro atoms. The summed E-state index contributed by atoms with van der Waals surface area (Å²) >= 11 is 11.8. The number of carbonyl (C=O) groups excluding carboxylic acids is 1. The molecule has 2 N–H and O–H groups in total. The van der Waals surface area contributed by atoms with Gasteiger partial charge in [0.25, 0.3) is 0 Å². The fraction of sp³-hybridized carbons (Fsp3) is 0.286. The summed E-state index contributed by atoms with van der Waals surface area (Å²) in [7, 11) is 0. The van der Waals surface area contributed by atoms with Gasteiger partial charge in [-0.15, -0.1) is 0 Å². The van der Waals surface area contributed by atoms with Crippen molar-refractivity contribution in [1.29, 1.82) is 0 Å². The summed E-state index contributed by atoms with van der Waals surface area (Å²) in [5.41, 5.74) is 5.53. The van der Waals surface area contributed by atoms with Crippen molar-refractivity contribution in [2.24, 2.45) is 0 Å². The van der Waals surface area contributed by atoms with Crippen LogP contribution in [0.4, 0.5) is 0 Å². The van der Waals surface area contributed by atoms with Crippen LogP contribution in [0.1, 0.15) is 40.3 Å². The molecule has 4 aromatic rings. The maximum absolute atomic E-state index is 11.6. The molecule has 54 heavy (non-hydrogen) atoms. The summed E-state index contributed by atoms with van der Waals surface area (Å²) in [6.45, 7) is 5.42. The second kappa shape index (κ2) is 17.6. The quantitative estimate of drug-likeness (QED) is 0.186. The van der Waals surface area contributed by atoms with Crippen LogP contribution in [0.5, 0.6) is 11.5 Å². The third kappa shape index (κ3) is 9.99. The van der Waals surface area contributed by atoms with Crippen LogP contribution in [0.3, 0.4) is 0 Å². The Bertz CT molecular complexity index is 2130. The van der Waals surface area contributed by atoms with Gasteiger partial charge in [-0.3, -0.25) is 19.4 Å². The first-order chi connectivity index (χ1) is 25.1. The van der Waals surface area contributed by atoms with Crippen LogP contribution in [0.25, 0.3) is 0 Å². The van der Waals surface area contributed by atoms with Gasteiger partial charge in [0.05, 0.1) is 19.7 Å². The van der Waals surface area contributed by atoms with Crippen LogP contribution in [-0.2, 0) is 27.2 Å². The van der Waals surface area contributed by atoms with Gasteiger partial charge in [0.2, 0.25) is 0 Å². The molecule has 4 heterocycles. The molecular formula is C42H37Cl2N2NaO7. The van der Waals surface area contributed by atoms with E-state index in [1.165, 1.54) is 5.56 Å². The number of fused-ring (bicyclic) bond motifs is 2. The van der Waals surface area contributed by atoms with E-state index in [4.69, 9.17) is 42.5 Å². The predicted octanol–water partition coefficient (Wildman–Crippen LogP) is 2.93. The third-order valence-electron chi connectivity index (χ3n) is 9.27. The number of carboxylic acid groups (broad SMARTS) is 1. The van der Waals surface area contributed by atoms with E-state index in [1.54, 1.807) is 0 Å². The van der Waals surface area contributed by atoms with Gasteiger partial charge in [0.1, 0.15) is 22.7 Å². The van der Waals surface area contributed by atoms with Crippen LogP contribution in [0.2, 0.25) is 10.0 Å². The maximum Gasteiger partial charge on any atom is 1.00 e. The van der Waals surface area contributed by atoms with Crippen molar-refractivity contribution < 1.29 is 63.9 Å². The van der Waals surface area contributed by atoms with Crippen molar-refractivity contribution in [3.05, 3.63) is 128 Å². The molecule has 0 unspecified atom stereocenters. The first-order valence-electron chi connectivity index (χ1n) is 17.1. The Balaban J connectivity index is 0.000000201. The van der Waals surface area contributed by atoms with Gasteiger partial charge in [-0.1, -0.05) is 59.0 Å². The van der Waals surface area contributed by atoms with Gasteiger partial charge in [-0.05, 0) is 90.8 Å². The van der Waals surface area contributed by atoms with Crippen molar-refractivity contribution in [1.82, 2.24) is 9.80 Å². The Morgan fingerprint density at radius 1 is 0.685 bits per heavy atom. The number of benzene rings is 4. The van der Waals surface area contributed by atoms with Gasteiger partial charge in [0, 0.05) is 71.3 Å². The zero-order valence-corrected chi connectivity index (χ0v) is 33.5. The van der Waals surface area contributed by atoms with Gasteiger partial charge in [-0.25, -0.2) is 0 Å². The molecule has 2 fully saturated rings. The minimum atomic E-state index is -0.801. The Kier molecular flexibility index (Phi) is 13.4. The molecule has 8 rings (SSSR count). The molecule has 0 saturated carbocycles. The molecule has 0 bridgehead atoms. The molecule has 0 aromatic heterocycles. The predicted molar refractivity (Wildman–Crippen MR) is 201 cm³/mol. The standard InChI is InChI=1S/C22H20ClNO3.C20H16ClNO3.Na.H2O/c1-2-26-21(25)13-24-14-22(15-24)12-18-8-5-17(11-20(18)27-22)4-3-16-6-9-19(23)10-7-16;21-17-7-4-14(5-8-17)1-2-15-3-6-16-10-20(25-18(16)9-15)12-22(13-20)11-19(23)24;;/h5-11H,2,12-15H2,1H3;3-9H,10-13H2,(H,23,24);;1H2/q;;+1;/p-1. The van der Waals surface area contributed by atoms with E-state index in [0.29, 0.717) is 36.3 Å². The molecule has 0 atom stereocenters. The van der Waals surface area contributed by atoms with Crippen molar-refractivity contribution in [3.8, 4) is 35.2 Å². The summed E-state index contributed by atoms with van der Waals surface area (Å²) < 4.78 is 17.4. The van der Waals surface area contributed by atoms with Crippen LogP contribution in [-0.4, -0.2) is 89.4 Å². The Morgan fingerprint density at radius 2 is 1.07 bits per heavy atom. The van der Waals surface area contributed by atoms with Crippen LogP contribution in [0, 0.1) is 23.7 Å². The van der Waals surface area contributed by atoms with Gasteiger partial charge in [0.15, 0.2) is 0 Å². The Hall–Kier alpha value is -4.00. The summed E-state index contributed by atoms with van der Waals surface area (Å²) in [4.78, 5) is 26.3. The van der Waals surface area contributed by atoms with E-state index in [1.807, 2.05) is 84.6 Å². The number of likely N-dealkylation sites (tertiary alicyclic amines) is 2. The van der Waals surface area contributed by atoms with E-state index < -0.39 is 5.97 Å². The van der Waals surface area contributed by atoms with Crippen LogP contribution in [0.15, 0.2) is 84.9 Å². The minimum absolute atomic E-state index is 0. The molecule has 0 radical (unpaired) electrons. The SMILES string of the molecule is CCOC(=O)CN1CC2(Cc3ccc(C#Cc4ccc(Cl)cc4)cc3O2)C1.O=C(O)CN1CC2(Cc3ccc(C#Cc4ccc(Cl)cc4)cc3O2)C1.[Na+].[OH-]. The number of carbonyl (C=O) groups is 2. The van der Waals surface area contributed by atoms with Crippen molar-refractivity contribution >= 4 is 35.1 Å². The van der Waals surface area contributed by atoms with Crippen LogP contribution >= 0.6 is 23.2 Å². The average Bonchev–Trinajstić information content (AvgIpc) is 3.66. The number of esters is 1. The third-order valence-corrected chi connectivity index (χ3v) is 9.77. The fourth-order valence-corrected chi connectivity index (χ4v) is 7.28. The number of ether oxygens (including phenoxy) is 3. The van der Waals surface area contributed by atoms with Crippen molar-refractivity contribution in [3.63, 3.8) is 0 Å². The zero-order valence-electron chi connectivity index (χ0n) is 30.0. The number of rotatable bonds is 5. The second-order valence-electron chi connectivity index (χ2n) is 13.6. The number of hydrogen-bond donors (Lipinski definition) is 1. The number of carboxylic acids is 1. The van der Waals surface area contributed by atoms with Crippen LogP contribution < -0.4 is 39.0 Å². The smallest absolute Gasteiger partial charge is 0.870 e. The van der Waals surface area contributed by atoms with Gasteiger partial charge in [-0.2, -0.15) is 0 Å². The molecule has 272 valence electrons. The first kappa shape index (κ1) is 41.2. The van der Waals surface area contributed by atoms with Crippen molar-refractivity contribution in [2.45, 2.75) is 31.0 Å². The molecular weight excluding hydrogens is 738 g/mol. The molecule has 2 saturated heterocycles. The number of nitrogens with zero attached hydrogens (tertiary/aromatic N) is 2. The van der Waals surface area contributed by atoms with E-state index in [-0.39, 0.29) is 58.7 Å². The summed E-state index contributed by atoms with van der Waals surface area (Å²) in [6.07, 6.45) is 1.69. The molecule has 0 amide bonds. The average molecular weight is 776 g/mol. The summed E-state index contributed by atoms with van der Waals surface area (Å²) in [6, 6.07) is 27.0. The molecule has 4 aliphatic rings. The van der Waals surface area contributed by atoms with E-state index >= 15 is 0 Å². The second-order valence-corrected chi connectivity index (χ2v) is 14.4. The summed E-state index contributed by atoms with van der Waals surface area (Å²) in [5.74, 6) is 13.4. The van der Waals surface area contributed by atoms with Crippen molar-refractivity contribution in [2.75, 3.05) is 45.9 Å². The van der Waals surface area contributed by atoms with E-state index in [2.05, 4.69) is 40.7 Å². The maximum atomic E-state index is 11.6. The first-order valence-corrected chi connectivity index (χ1v) is 17.8. The molecule has 9 nitrogen and oxygen atoms in total. The molecule has 4 aromatic carbocycles. The Labute approximate surface area is 347 Å². The van der Waals surface area contributed by atoms with E-state index in [9.17, 15) is 9.59 Å². The topological polar surface area (TPSA) is 119 Å². The number of hydrogen-bond acceptors (Lipinski definition) is 8. The normalized spacial score (nSPS) is 16.3. The monoisotopic (exact) mass is 774 g/mol. The largest absolute Gasteiger partial charge is 1.00 e. The minimum Gasteiger partial charge on any atom is -0.870 e. The zero-order chi connectivity index (χ0) is 36.3. The van der Waals surface area contributed by atoms with Gasteiger partial charge >= 0.3 is 41.5 Å². The number of aliphatic carboxylic acids is 1. The summed E-state index contributed by atoms with van der Waals surface area (Å²) in [5, 5.41) is 10.3. The van der Waals surface area contributed by atoms with Gasteiger partial charge < -0.3 is 24.8 Å². The Morgan fingerprint density at radius 3 is 1.48 bits per heavy atom. The molecule has 4 aliphatic heterocycles. The number of halogens is 2. The molecule has 0 aliphatic carbocycles. The fourth-order valence-electron chi connectivity index (χ4n) is 7.03.